The Morgan fingerprint density at radius 1 is 1.05 bits per heavy atom. The van der Waals surface area contributed by atoms with Crippen LogP contribution in [0.15, 0.2) is 16.9 Å². The lowest BCUT2D eigenvalue weighted by Crippen LogP contribution is -2.50. The first kappa shape index (κ1) is 13.6. The summed E-state index contributed by atoms with van der Waals surface area (Å²) in [4.78, 5) is 5.19. The molecule has 0 amide bonds. The molecule has 2 aliphatic rings. The zero-order chi connectivity index (χ0) is 13.1. The molecule has 0 atom stereocenters. The first-order chi connectivity index (χ1) is 9.31. The summed E-state index contributed by atoms with van der Waals surface area (Å²) in [5.41, 5.74) is 0. The normalized spacial score (nSPS) is 23.2. The molecule has 4 nitrogen and oxygen atoms in total. The molecule has 0 unspecified atom stereocenters. The van der Waals surface area contributed by atoms with Crippen LogP contribution in [0.1, 0.15) is 31.7 Å². The monoisotopic (exact) mass is 326 g/mol. The second-order valence-corrected chi connectivity index (χ2v) is 6.72. The van der Waals surface area contributed by atoms with E-state index in [4.69, 9.17) is 0 Å². The molecule has 2 fully saturated rings. The smallest absolute Gasteiger partial charge is 0.0773 e. The van der Waals surface area contributed by atoms with E-state index in [-0.39, 0.29) is 0 Å². The number of aromatic nitrogens is 2. The van der Waals surface area contributed by atoms with Crippen LogP contribution in [0.4, 0.5) is 0 Å². The van der Waals surface area contributed by atoms with Gasteiger partial charge < -0.3 is 4.90 Å². The molecule has 2 saturated heterocycles. The van der Waals surface area contributed by atoms with Crippen LogP contribution >= 0.6 is 15.9 Å². The first-order valence-electron chi connectivity index (χ1n) is 7.45. The van der Waals surface area contributed by atoms with Gasteiger partial charge in [-0.15, -0.1) is 0 Å². The molecule has 2 aliphatic heterocycles. The minimum atomic E-state index is 0.579. The summed E-state index contributed by atoms with van der Waals surface area (Å²) in [5, 5.41) is 4.37. The number of hydrogen-bond donors (Lipinski definition) is 0. The number of halogens is 1. The summed E-state index contributed by atoms with van der Waals surface area (Å²) in [6.07, 6.45) is 9.59. The highest BCUT2D eigenvalue weighted by atomic mass is 79.9. The van der Waals surface area contributed by atoms with Crippen molar-refractivity contribution < 1.29 is 0 Å². The van der Waals surface area contributed by atoms with Crippen molar-refractivity contribution in [3.8, 4) is 0 Å². The Kier molecular flexibility index (Phi) is 4.56. The number of hydrogen-bond acceptors (Lipinski definition) is 3. The molecule has 0 radical (unpaired) electrons. The van der Waals surface area contributed by atoms with E-state index in [9.17, 15) is 0 Å². The minimum Gasteiger partial charge on any atom is -0.302 e. The molecule has 3 rings (SSSR count). The third-order valence-corrected chi connectivity index (χ3v) is 4.72. The molecule has 0 N–H and O–H groups in total. The number of nitrogens with zero attached hydrogens (tertiary/aromatic N) is 4. The zero-order valence-electron chi connectivity index (χ0n) is 11.5. The topological polar surface area (TPSA) is 24.3 Å². The second-order valence-electron chi connectivity index (χ2n) is 5.81. The van der Waals surface area contributed by atoms with E-state index >= 15 is 0 Å². The van der Waals surface area contributed by atoms with Crippen molar-refractivity contribution in [2.75, 3.05) is 39.3 Å². The molecule has 1 aromatic heterocycles. The molecular weight excluding hydrogens is 304 g/mol. The van der Waals surface area contributed by atoms with Gasteiger partial charge >= 0.3 is 0 Å². The average molecular weight is 327 g/mol. The average Bonchev–Trinajstić information content (AvgIpc) is 2.63. The van der Waals surface area contributed by atoms with Crippen LogP contribution < -0.4 is 0 Å². The van der Waals surface area contributed by atoms with Gasteiger partial charge in [0, 0.05) is 32.4 Å². The van der Waals surface area contributed by atoms with Crippen molar-refractivity contribution in [2.45, 2.75) is 31.7 Å². The molecule has 106 valence electrons. The fourth-order valence-electron chi connectivity index (χ4n) is 3.05. The molecule has 0 aromatic carbocycles. The maximum atomic E-state index is 4.37. The summed E-state index contributed by atoms with van der Waals surface area (Å²) < 4.78 is 3.17. The van der Waals surface area contributed by atoms with Gasteiger partial charge in [-0.3, -0.25) is 9.58 Å². The third kappa shape index (κ3) is 3.58. The van der Waals surface area contributed by atoms with Gasteiger partial charge in [0.2, 0.25) is 0 Å². The van der Waals surface area contributed by atoms with Crippen LogP contribution in [-0.4, -0.2) is 58.8 Å². The van der Waals surface area contributed by atoms with Crippen LogP contribution in [0.2, 0.25) is 0 Å². The number of likely N-dealkylation sites (tertiary alicyclic amines) is 2. The van der Waals surface area contributed by atoms with Crippen molar-refractivity contribution in [3.63, 3.8) is 0 Å². The van der Waals surface area contributed by atoms with Crippen LogP contribution in [0.25, 0.3) is 0 Å². The van der Waals surface area contributed by atoms with Gasteiger partial charge in [0.1, 0.15) is 0 Å². The zero-order valence-corrected chi connectivity index (χ0v) is 13.1. The highest BCUT2D eigenvalue weighted by molar-refractivity contribution is 9.10. The van der Waals surface area contributed by atoms with Crippen molar-refractivity contribution in [1.29, 1.82) is 0 Å². The lowest BCUT2D eigenvalue weighted by molar-refractivity contribution is 0.0846. The summed E-state index contributed by atoms with van der Waals surface area (Å²) in [6, 6.07) is 0.579. The van der Waals surface area contributed by atoms with Crippen LogP contribution in [0, 0.1) is 0 Å². The lowest BCUT2D eigenvalue weighted by Gasteiger charge is -2.40. The van der Waals surface area contributed by atoms with E-state index in [0.29, 0.717) is 6.04 Å². The van der Waals surface area contributed by atoms with Gasteiger partial charge in [-0.25, -0.2) is 0 Å². The summed E-state index contributed by atoms with van der Waals surface area (Å²) >= 11 is 3.46. The summed E-state index contributed by atoms with van der Waals surface area (Å²) in [6.45, 7) is 7.39. The molecular formula is C14H23BrN4. The van der Waals surface area contributed by atoms with E-state index in [1.54, 1.807) is 0 Å². The minimum absolute atomic E-state index is 0.579. The predicted octanol–water partition coefficient (Wildman–Crippen LogP) is 2.38. The highest BCUT2D eigenvalue weighted by Crippen LogP contribution is 2.22. The fraction of sp³-hybridized carbons (Fsp3) is 0.786. The second kappa shape index (κ2) is 6.37. The molecule has 1 aromatic rings. The van der Waals surface area contributed by atoms with E-state index < -0.39 is 0 Å². The highest BCUT2D eigenvalue weighted by Gasteiger charge is 2.28. The Morgan fingerprint density at radius 3 is 2.37 bits per heavy atom. The van der Waals surface area contributed by atoms with E-state index in [2.05, 4.69) is 41.7 Å². The van der Waals surface area contributed by atoms with Gasteiger partial charge in [-0.1, -0.05) is 12.8 Å². The van der Waals surface area contributed by atoms with Gasteiger partial charge in [-0.2, -0.15) is 5.10 Å². The maximum Gasteiger partial charge on any atom is 0.0773 e. The van der Waals surface area contributed by atoms with Gasteiger partial charge in [-0.05, 0) is 41.9 Å². The van der Waals surface area contributed by atoms with E-state index in [1.807, 2.05) is 6.20 Å². The molecule has 0 bridgehead atoms. The predicted molar refractivity (Wildman–Crippen MR) is 80.3 cm³/mol. The summed E-state index contributed by atoms with van der Waals surface area (Å²) in [7, 11) is 0. The van der Waals surface area contributed by atoms with Crippen molar-refractivity contribution in [2.24, 2.45) is 0 Å². The van der Waals surface area contributed by atoms with Gasteiger partial charge in [0.05, 0.1) is 16.7 Å². The van der Waals surface area contributed by atoms with E-state index in [0.717, 1.165) is 17.6 Å². The van der Waals surface area contributed by atoms with Crippen molar-refractivity contribution in [3.05, 3.63) is 16.9 Å². The first-order valence-corrected chi connectivity index (χ1v) is 8.25. The fourth-order valence-corrected chi connectivity index (χ4v) is 3.35. The largest absolute Gasteiger partial charge is 0.302 e. The van der Waals surface area contributed by atoms with E-state index in [1.165, 1.54) is 51.9 Å². The molecule has 5 heteroatoms. The van der Waals surface area contributed by atoms with Crippen molar-refractivity contribution in [1.82, 2.24) is 19.6 Å². The van der Waals surface area contributed by atoms with Crippen LogP contribution in [0.3, 0.4) is 0 Å². The Bertz CT molecular complexity index is 392. The summed E-state index contributed by atoms with van der Waals surface area (Å²) in [5.74, 6) is 0. The quantitative estimate of drug-likeness (QED) is 0.849. The SMILES string of the molecule is Brc1cnn(C2CN(CCN3CCCCCC3)C2)c1. The molecule has 19 heavy (non-hydrogen) atoms. The Labute approximate surface area is 123 Å². The third-order valence-electron chi connectivity index (χ3n) is 4.31. The number of rotatable bonds is 4. The van der Waals surface area contributed by atoms with Gasteiger partial charge in [0.25, 0.3) is 0 Å². The van der Waals surface area contributed by atoms with Crippen LogP contribution in [0.5, 0.6) is 0 Å². The lowest BCUT2D eigenvalue weighted by atomic mass is 10.1. The Balaban J connectivity index is 1.37. The molecule has 0 saturated carbocycles. The Morgan fingerprint density at radius 2 is 1.74 bits per heavy atom. The molecule has 3 heterocycles. The molecule has 0 spiro atoms. The van der Waals surface area contributed by atoms with Crippen molar-refractivity contribution >= 4 is 15.9 Å². The molecule has 0 aliphatic carbocycles. The standard InChI is InChI=1S/C14H23BrN4/c15-13-9-16-19(10-13)14-11-18(12-14)8-7-17-5-3-1-2-4-6-17/h9-10,14H,1-8,11-12H2. The maximum absolute atomic E-state index is 4.37. The van der Waals surface area contributed by atoms with Gasteiger partial charge in [0.15, 0.2) is 0 Å². The Hall–Kier alpha value is -0.390. The van der Waals surface area contributed by atoms with Crippen LogP contribution in [-0.2, 0) is 0 Å².